The van der Waals surface area contributed by atoms with Crippen LogP contribution in [0.15, 0.2) is 36.7 Å². The maximum absolute atomic E-state index is 13.1. The minimum absolute atomic E-state index is 0.0817. The van der Waals surface area contributed by atoms with E-state index in [1.54, 1.807) is 37.4 Å². The SMILES string of the molecule is Cc1nc(C2CCCCN2C(=O)c2cn[nH]c2C)ncc1C(=O)Nc1ccc(Cl)cc1. The van der Waals surface area contributed by atoms with Crippen molar-refractivity contribution in [2.75, 3.05) is 11.9 Å². The van der Waals surface area contributed by atoms with Crippen LogP contribution in [0.1, 0.15) is 63.2 Å². The van der Waals surface area contributed by atoms with Crippen LogP contribution in [0.3, 0.4) is 0 Å². The predicted molar refractivity (Wildman–Crippen MR) is 117 cm³/mol. The van der Waals surface area contributed by atoms with Crippen molar-refractivity contribution in [3.63, 3.8) is 0 Å². The van der Waals surface area contributed by atoms with Gasteiger partial charge in [0, 0.05) is 29.1 Å². The highest BCUT2D eigenvalue weighted by Gasteiger charge is 2.32. The number of rotatable bonds is 4. The van der Waals surface area contributed by atoms with E-state index in [1.165, 1.54) is 6.20 Å². The zero-order valence-electron chi connectivity index (χ0n) is 17.4. The Morgan fingerprint density at radius 1 is 1.13 bits per heavy atom. The van der Waals surface area contributed by atoms with Crippen molar-refractivity contribution in [2.24, 2.45) is 0 Å². The molecule has 1 saturated heterocycles. The minimum Gasteiger partial charge on any atom is -0.328 e. The maximum atomic E-state index is 13.1. The number of aromatic nitrogens is 4. The summed E-state index contributed by atoms with van der Waals surface area (Å²) in [5.74, 6) is 0.175. The van der Waals surface area contributed by atoms with Gasteiger partial charge in [-0.3, -0.25) is 14.7 Å². The lowest BCUT2D eigenvalue weighted by molar-refractivity contribution is 0.0598. The molecule has 3 aromatic rings. The smallest absolute Gasteiger partial charge is 0.259 e. The fourth-order valence-corrected chi connectivity index (χ4v) is 3.89. The molecule has 9 heteroatoms. The molecule has 1 aliphatic rings. The molecule has 1 fully saturated rings. The van der Waals surface area contributed by atoms with Crippen LogP contribution in [0.5, 0.6) is 0 Å². The van der Waals surface area contributed by atoms with E-state index in [1.807, 2.05) is 11.8 Å². The molecular weight excluding hydrogens is 416 g/mol. The van der Waals surface area contributed by atoms with Crippen molar-refractivity contribution in [1.29, 1.82) is 0 Å². The van der Waals surface area contributed by atoms with Crippen molar-refractivity contribution in [3.8, 4) is 0 Å². The Morgan fingerprint density at radius 2 is 1.90 bits per heavy atom. The molecule has 1 unspecified atom stereocenters. The number of nitrogens with one attached hydrogen (secondary N) is 2. The Labute approximate surface area is 185 Å². The molecule has 3 heterocycles. The van der Waals surface area contributed by atoms with E-state index < -0.39 is 0 Å². The van der Waals surface area contributed by atoms with Gasteiger partial charge in [0.15, 0.2) is 5.82 Å². The first-order valence-corrected chi connectivity index (χ1v) is 10.5. The first-order valence-electron chi connectivity index (χ1n) is 10.2. The number of aromatic amines is 1. The second kappa shape index (κ2) is 8.85. The molecule has 160 valence electrons. The van der Waals surface area contributed by atoms with Gasteiger partial charge in [-0.05, 0) is 57.4 Å². The van der Waals surface area contributed by atoms with Crippen LogP contribution in [0.4, 0.5) is 5.69 Å². The number of amides is 2. The third-order valence-electron chi connectivity index (χ3n) is 5.47. The zero-order valence-corrected chi connectivity index (χ0v) is 18.1. The van der Waals surface area contributed by atoms with Gasteiger partial charge in [0.05, 0.1) is 29.1 Å². The molecule has 0 saturated carbocycles. The fourth-order valence-electron chi connectivity index (χ4n) is 3.76. The molecule has 0 bridgehead atoms. The quantitative estimate of drug-likeness (QED) is 0.638. The molecule has 0 radical (unpaired) electrons. The summed E-state index contributed by atoms with van der Waals surface area (Å²) in [7, 11) is 0. The number of benzene rings is 1. The molecule has 1 aliphatic heterocycles. The number of carbonyl (C=O) groups is 2. The Hall–Kier alpha value is -3.26. The number of hydrogen-bond acceptors (Lipinski definition) is 5. The van der Waals surface area contributed by atoms with Gasteiger partial charge in [-0.25, -0.2) is 9.97 Å². The van der Waals surface area contributed by atoms with Crippen LogP contribution in [-0.4, -0.2) is 43.4 Å². The lowest BCUT2D eigenvalue weighted by atomic mass is 10.00. The zero-order chi connectivity index (χ0) is 22.0. The highest BCUT2D eigenvalue weighted by Crippen LogP contribution is 2.31. The first-order chi connectivity index (χ1) is 14.9. The number of hydrogen-bond donors (Lipinski definition) is 2. The van der Waals surface area contributed by atoms with Crippen LogP contribution in [0, 0.1) is 13.8 Å². The second-order valence-corrected chi connectivity index (χ2v) is 8.04. The fraction of sp³-hybridized carbons (Fsp3) is 0.318. The Balaban J connectivity index is 1.55. The third-order valence-corrected chi connectivity index (χ3v) is 5.72. The van der Waals surface area contributed by atoms with E-state index >= 15 is 0 Å². The topological polar surface area (TPSA) is 104 Å². The van der Waals surface area contributed by atoms with Crippen molar-refractivity contribution in [2.45, 2.75) is 39.2 Å². The van der Waals surface area contributed by atoms with E-state index in [2.05, 4.69) is 25.5 Å². The van der Waals surface area contributed by atoms with Gasteiger partial charge < -0.3 is 10.2 Å². The normalized spacial score (nSPS) is 16.2. The van der Waals surface area contributed by atoms with E-state index in [0.717, 1.165) is 25.0 Å². The number of aryl methyl sites for hydroxylation is 2. The maximum Gasteiger partial charge on any atom is 0.259 e. The van der Waals surface area contributed by atoms with E-state index in [9.17, 15) is 9.59 Å². The van der Waals surface area contributed by atoms with Crippen molar-refractivity contribution in [3.05, 3.63) is 70.0 Å². The van der Waals surface area contributed by atoms with Crippen molar-refractivity contribution in [1.82, 2.24) is 25.1 Å². The molecule has 0 aliphatic carbocycles. The number of likely N-dealkylation sites (tertiary alicyclic amines) is 1. The highest BCUT2D eigenvalue weighted by molar-refractivity contribution is 6.30. The number of H-pyrrole nitrogens is 1. The van der Waals surface area contributed by atoms with Crippen LogP contribution in [0.25, 0.3) is 0 Å². The first kappa shape index (κ1) is 21.0. The van der Waals surface area contributed by atoms with Crippen LogP contribution in [-0.2, 0) is 0 Å². The van der Waals surface area contributed by atoms with Gasteiger partial charge in [-0.1, -0.05) is 11.6 Å². The van der Waals surface area contributed by atoms with E-state index in [-0.39, 0.29) is 17.9 Å². The summed E-state index contributed by atoms with van der Waals surface area (Å²) in [5, 5.41) is 10.2. The average molecular weight is 439 g/mol. The van der Waals surface area contributed by atoms with Crippen LogP contribution in [0.2, 0.25) is 5.02 Å². The van der Waals surface area contributed by atoms with Gasteiger partial charge in [0.1, 0.15) is 0 Å². The molecule has 2 N–H and O–H groups in total. The number of carbonyl (C=O) groups excluding carboxylic acids is 2. The predicted octanol–water partition coefficient (Wildman–Crippen LogP) is 4.09. The summed E-state index contributed by atoms with van der Waals surface area (Å²) in [6.07, 6.45) is 5.78. The van der Waals surface area contributed by atoms with Crippen LogP contribution < -0.4 is 5.32 Å². The molecule has 4 rings (SSSR count). The van der Waals surface area contributed by atoms with Gasteiger partial charge in [0.25, 0.3) is 11.8 Å². The Kier molecular flexibility index (Phi) is 5.99. The van der Waals surface area contributed by atoms with Gasteiger partial charge in [-0.15, -0.1) is 0 Å². The summed E-state index contributed by atoms with van der Waals surface area (Å²) < 4.78 is 0. The summed E-state index contributed by atoms with van der Waals surface area (Å²) in [6.45, 7) is 4.24. The monoisotopic (exact) mass is 438 g/mol. The second-order valence-electron chi connectivity index (χ2n) is 7.61. The lowest BCUT2D eigenvalue weighted by Gasteiger charge is -2.34. The number of piperidine rings is 1. The van der Waals surface area contributed by atoms with Gasteiger partial charge in [-0.2, -0.15) is 5.10 Å². The van der Waals surface area contributed by atoms with Gasteiger partial charge in [0.2, 0.25) is 0 Å². The minimum atomic E-state index is -0.294. The number of anilines is 1. The van der Waals surface area contributed by atoms with E-state index in [4.69, 9.17) is 11.6 Å². The molecule has 31 heavy (non-hydrogen) atoms. The van der Waals surface area contributed by atoms with Crippen molar-refractivity contribution < 1.29 is 9.59 Å². The van der Waals surface area contributed by atoms with Crippen molar-refractivity contribution >= 4 is 29.1 Å². The van der Waals surface area contributed by atoms with Gasteiger partial charge >= 0.3 is 0 Å². The Morgan fingerprint density at radius 3 is 2.58 bits per heavy atom. The number of halogens is 1. The largest absolute Gasteiger partial charge is 0.328 e. The van der Waals surface area contributed by atoms with E-state index in [0.29, 0.717) is 39.9 Å². The summed E-state index contributed by atoms with van der Waals surface area (Å²) in [5.41, 5.74) is 2.88. The summed E-state index contributed by atoms with van der Waals surface area (Å²) in [6, 6.07) is 6.64. The summed E-state index contributed by atoms with van der Waals surface area (Å²) in [4.78, 5) is 36.6. The molecule has 2 aromatic heterocycles. The molecule has 2 amide bonds. The molecule has 1 aromatic carbocycles. The third kappa shape index (κ3) is 4.44. The molecule has 0 spiro atoms. The molecule has 8 nitrogen and oxygen atoms in total. The molecule has 1 atom stereocenters. The number of nitrogens with zero attached hydrogens (tertiary/aromatic N) is 4. The highest BCUT2D eigenvalue weighted by atomic mass is 35.5. The lowest BCUT2D eigenvalue weighted by Crippen LogP contribution is -2.39. The Bertz CT molecular complexity index is 1110. The molecular formula is C22H23ClN6O2. The summed E-state index contributed by atoms with van der Waals surface area (Å²) >= 11 is 5.89. The van der Waals surface area contributed by atoms with Crippen LogP contribution >= 0.6 is 11.6 Å². The standard InChI is InChI=1S/C22H23ClN6O2/c1-13-17(21(30)27-16-8-6-15(23)7-9-16)11-24-20(26-13)19-5-3-4-10-29(19)22(31)18-12-25-28-14(18)2/h6-9,11-12,19H,3-5,10H2,1-2H3,(H,25,28)(H,27,30). The average Bonchev–Trinajstić information content (AvgIpc) is 3.20.